The van der Waals surface area contributed by atoms with E-state index in [1.54, 1.807) is 40.6 Å². The molecule has 0 radical (unpaired) electrons. The monoisotopic (exact) mass is 389 g/mol. The molecule has 0 bridgehead atoms. The molecular weight excluding hydrogens is 370 g/mol. The van der Waals surface area contributed by atoms with Crippen molar-refractivity contribution in [2.24, 2.45) is 7.05 Å². The Morgan fingerprint density at radius 3 is 2.73 bits per heavy atom. The van der Waals surface area contributed by atoms with Crippen molar-refractivity contribution in [3.8, 4) is 17.1 Å². The summed E-state index contributed by atoms with van der Waals surface area (Å²) < 4.78 is 6.81. The minimum absolute atomic E-state index is 0.0345. The molecule has 1 aliphatic rings. The summed E-state index contributed by atoms with van der Waals surface area (Å²) in [5.41, 5.74) is 2.69. The van der Waals surface area contributed by atoms with Crippen LogP contribution in [0.15, 0.2) is 28.4 Å². The van der Waals surface area contributed by atoms with Crippen LogP contribution in [-0.2, 0) is 7.05 Å². The van der Waals surface area contributed by atoms with E-state index >= 15 is 0 Å². The summed E-state index contributed by atoms with van der Waals surface area (Å²) in [5, 5.41) is 11.4. The molecule has 0 spiro atoms. The zero-order valence-electron chi connectivity index (χ0n) is 14.6. The largest absolute Gasteiger partial charge is 0.479 e. The molecule has 4 rings (SSSR count). The first-order valence-electron chi connectivity index (χ1n) is 8.25. The average molecular weight is 390 g/mol. The lowest BCUT2D eigenvalue weighted by Gasteiger charge is -2.34. The second-order valence-electron chi connectivity index (χ2n) is 6.03. The van der Waals surface area contributed by atoms with E-state index in [0.29, 0.717) is 24.5 Å². The maximum Gasteiger partial charge on any atom is 0.261 e. The number of anilines is 1. The van der Waals surface area contributed by atoms with Gasteiger partial charge in [-0.15, -0.1) is 16.4 Å². The molecule has 1 fully saturated rings. The van der Waals surface area contributed by atoms with Crippen LogP contribution in [0.1, 0.15) is 10.4 Å². The molecule has 3 aromatic heterocycles. The standard InChI is InChI=1S/C17H19N5O2S2/c1-20-9-13(15(19-20)24-2)16(23)21-4-6-22(7-5-21)17-18-14(11-26-17)12-3-8-25-10-12/h3,8-11H,4-7H2,1-2H3. The van der Waals surface area contributed by atoms with Gasteiger partial charge in [-0.1, -0.05) is 0 Å². The van der Waals surface area contributed by atoms with Crippen molar-refractivity contribution in [1.29, 1.82) is 0 Å². The lowest BCUT2D eigenvalue weighted by atomic mass is 10.2. The third-order valence-electron chi connectivity index (χ3n) is 4.37. The Balaban J connectivity index is 1.42. The minimum atomic E-state index is -0.0345. The number of hydrogen-bond acceptors (Lipinski definition) is 7. The van der Waals surface area contributed by atoms with Crippen LogP contribution in [0.3, 0.4) is 0 Å². The maximum absolute atomic E-state index is 12.8. The van der Waals surface area contributed by atoms with E-state index in [1.165, 1.54) is 7.11 Å². The van der Waals surface area contributed by atoms with Crippen molar-refractivity contribution >= 4 is 33.7 Å². The zero-order valence-corrected chi connectivity index (χ0v) is 16.2. The van der Waals surface area contributed by atoms with E-state index in [1.807, 2.05) is 4.90 Å². The van der Waals surface area contributed by atoms with E-state index in [4.69, 9.17) is 9.72 Å². The topological polar surface area (TPSA) is 63.5 Å². The quantitative estimate of drug-likeness (QED) is 0.686. The Morgan fingerprint density at radius 1 is 1.23 bits per heavy atom. The number of nitrogens with zero attached hydrogens (tertiary/aromatic N) is 5. The van der Waals surface area contributed by atoms with Crippen molar-refractivity contribution in [1.82, 2.24) is 19.7 Å². The van der Waals surface area contributed by atoms with Gasteiger partial charge >= 0.3 is 0 Å². The number of ether oxygens (including phenoxy) is 1. The fourth-order valence-electron chi connectivity index (χ4n) is 2.99. The van der Waals surface area contributed by atoms with Crippen LogP contribution in [0.5, 0.6) is 5.88 Å². The van der Waals surface area contributed by atoms with Crippen LogP contribution in [-0.4, -0.2) is 58.9 Å². The molecule has 7 nitrogen and oxygen atoms in total. The normalized spacial score (nSPS) is 14.7. The highest BCUT2D eigenvalue weighted by molar-refractivity contribution is 7.14. The molecule has 0 aliphatic carbocycles. The molecular formula is C17H19N5O2S2. The highest BCUT2D eigenvalue weighted by atomic mass is 32.1. The highest BCUT2D eigenvalue weighted by Crippen LogP contribution is 2.29. The van der Waals surface area contributed by atoms with Crippen molar-refractivity contribution in [2.75, 3.05) is 38.2 Å². The Morgan fingerprint density at radius 2 is 2.04 bits per heavy atom. The maximum atomic E-state index is 12.8. The van der Waals surface area contributed by atoms with Crippen LogP contribution in [0.25, 0.3) is 11.3 Å². The molecule has 0 unspecified atom stereocenters. The Bertz CT molecular complexity index is 894. The fraction of sp³-hybridized carbons (Fsp3) is 0.353. The lowest BCUT2D eigenvalue weighted by molar-refractivity contribution is 0.0743. The summed E-state index contributed by atoms with van der Waals surface area (Å²) >= 11 is 3.33. The van der Waals surface area contributed by atoms with Gasteiger partial charge in [-0.05, 0) is 11.4 Å². The summed E-state index contributed by atoms with van der Waals surface area (Å²) in [6.45, 7) is 2.85. The van der Waals surface area contributed by atoms with Crippen molar-refractivity contribution in [3.63, 3.8) is 0 Å². The van der Waals surface area contributed by atoms with Gasteiger partial charge < -0.3 is 14.5 Å². The van der Waals surface area contributed by atoms with Crippen molar-refractivity contribution in [2.45, 2.75) is 0 Å². The Hall–Kier alpha value is -2.39. The van der Waals surface area contributed by atoms with Crippen molar-refractivity contribution < 1.29 is 9.53 Å². The number of hydrogen-bond donors (Lipinski definition) is 0. The third-order valence-corrected chi connectivity index (χ3v) is 5.95. The van der Waals surface area contributed by atoms with E-state index in [9.17, 15) is 4.79 Å². The smallest absolute Gasteiger partial charge is 0.261 e. The number of amides is 1. The molecule has 0 atom stereocenters. The molecule has 1 saturated heterocycles. The summed E-state index contributed by atoms with van der Waals surface area (Å²) in [4.78, 5) is 21.6. The van der Waals surface area contributed by atoms with Gasteiger partial charge in [0.1, 0.15) is 5.56 Å². The number of carbonyl (C=O) groups is 1. The van der Waals surface area contributed by atoms with Crippen molar-refractivity contribution in [3.05, 3.63) is 34.0 Å². The molecule has 0 N–H and O–H groups in total. The summed E-state index contributed by atoms with van der Waals surface area (Å²) in [6, 6.07) is 2.08. The molecule has 136 valence electrons. The van der Waals surface area contributed by atoms with E-state index < -0.39 is 0 Å². The fourth-order valence-corrected chi connectivity index (χ4v) is 4.53. The van der Waals surface area contributed by atoms with Gasteiger partial charge in [0.05, 0.1) is 12.8 Å². The molecule has 3 aromatic rings. The van der Waals surface area contributed by atoms with Gasteiger partial charge in [-0.25, -0.2) is 4.98 Å². The predicted octanol–water partition coefficient (Wildman–Crippen LogP) is 2.58. The summed E-state index contributed by atoms with van der Waals surface area (Å²) in [7, 11) is 3.31. The first-order chi connectivity index (χ1) is 12.7. The molecule has 0 saturated carbocycles. The average Bonchev–Trinajstić information content (AvgIpc) is 3.40. The number of thiophene rings is 1. The first kappa shape index (κ1) is 17.0. The first-order valence-corrected chi connectivity index (χ1v) is 10.1. The van der Waals surface area contributed by atoms with Gasteiger partial charge in [0, 0.05) is 55.7 Å². The minimum Gasteiger partial charge on any atom is -0.479 e. The van der Waals surface area contributed by atoms with Gasteiger partial charge in [0.25, 0.3) is 5.91 Å². The number of thiazole rings is 1. The number of aryl methyl sites for hydroxylation is 1. The van der Waals surface area contributed by atoms with Crippen LogP contribution >= 0.6 is 22.7 Å². The van der Waals surface area contributed by atoms with Crippen LogP contribution < -0.4 is 9.64 Å². The van der Waals surface area contributed by atoms with Crippen LogP contribution in [0.2, 0.25) is 0 Å². The summed E-state index contributed by atoms with van der Waals surface area (Å²) in [6.07, 6.45) is 1.71. The van der Waals surface area contributed by atoms with Gasteiger partial charge in [0.15, 0.2) is 5.13 Å². The van der Waals surface area contributed by atoms with Gasteiger partial charge in [-0.3, -0.25) is 9.48 Å². The van der Waals surface area contributed by atoms with Gasteiger partial charge in [0.2, 0.25) is 5.88 Å². The number of carbonyl (C=O) groups excluding carboxylic acids is 1. The van der Waals surface area contributed by atoms with Crippen LogP contribution in [0.4, 0.5) is 5.13 Å². The summed E-state index contributed by atoms with van der Waals surface area (Å²) in [5.74, 6) is 0.341. The molecule has 1 aliphatic heterocycles. The molecule has 26 heavy (non-hydrogen) atoms. The molecule has 4 heterocycles. The van der Waals surface area contributed by atoms with Crippen LogP contribution in [0, 0.1) is 0 Å². The highest BCUT2D eigenvalue weighted by Gasteiger charge is 2.27. The Kier molecular flexibility index (Phi) is 4.64. The number of methoxy groups -OCH3 is 1. The third kappa shape index (κ3) is 3.19. The number of aromatic nitrogens is 3. The Labute approximate surface area is 159 Å². The SMILES string of the molecule is COc1nn(C)cc1C(=O)N1CCN(c2nc(-c3ccsc3)cs2)CC1. The molecule has 1 amide bonds. The zero-order chi connectivity index (χ0) is 18.1. The number of piperazine rings is 1. The van der Waals surface area contributed by atoms with E-state index in [2.05, 4.69) is 32.2 Å². The second kappa shape index (κ2) is 7.08. The molecule has 0 aromatic carbocycles. The second-order valence-corrected chi connectivity index (χ2v) is 7.65. The van der Waals surface area contributed by atoms with E-state index in [-0.39, 0.29) is 5.91 Å². The number of rotatable bonds is 4. The lowest BCUT2D eigenvalue weighted by Crippen LogP contribution is -2.48. The molecule has 9 heteroatoms. The van der Waals surface area contributed by atoms with Gasteiger partial charge in [-0.2, -0.15) is 11.3 Å². The predicted molar refractivity (Wildman–Crippen MR) is 103 cm³/mol. The van der Waals surface area contributed by atoms with E-state index in [0.717, 1.165) is 29.5 Å².